The third-order valence-electron chi connectivity index (χ3n) is 6.14. The van der Waals surface area contributed by atoms with Crippen molar-refractivity contribution in [2.75, 3.05) is 18.5 Å². The first-order valence-electron chi connectivity index (χ1n) is 11.8. The molecule has 8 heteroatoms. The van der Waals surface area contributed by atoms with Gasteiger partial charge in [-0.2, -0.15) is 0 Å². The minimum atomic E-state index is -0.690. The molecule has 2 atom stereocenters. The van der Waals surface area contributed by atoms with Crippen LogP contribution in [-0.2, 0) is 21.3 Å². The molecule has 1 amide bonds. The van der Waals surface area contributed by atoms with Crippen LogP contribution in [-0.4, -0.2) is 39.9 Å². The summed E-state index contributed by atoms with van der Waals surface area (Å²) in [5.74, 6) is -0.653. The highest BCUT2D eigenvalue weighted by molar-refractivity contribution is 6.02. The number of carbonyl (C=O) groups is 1. The molecule has 184 valence electrons. The Bertz CT molecular complexity index is 1230. The van der Waals surface area contributed by atoms with Crippen molar-refractivity contribution in [2.24, 2.45) is 7.05 Å². The predicted octanol–water partition coefficient (Wildman–Crippen LogP) is 3.63. The Labute approximate surface area is 204 Å². The zero-order valence-electron chi connectivity index (χ0n) is 20.0. The number of nitrogens with one attached hydrogen (secondary N) is 1. The molecule has 35 heavy (non-hydrogen) atoms. The monoisotopic (exact) mass is 477 g/mol. The van der Waals surface area contributed by atoms with Gasteiger partial charge in [0.2, 0.25) is 6.29 Å². The highest BCUT2D eigenvalue weighted by Crippen LogP contribution is 2.32. The summed E-state index contributed by atoms with van der Waals surface area (Å²) in [5.41, 5.74) is 2.69. The topological polar surface area (TPSA) is 94.7 Å². The number of ether oxygens (including phenoxy) is 2. The molecular weight excluding hydrogens is 446 g/mol. The number of hydrogen-bond donors (Lipinski definition) is 2. The maximum atomic E-state index is 13.6. The number of nitrogens with zero attached hydrogens (tertiary/aromatic N) is 2. The number of anilines is 1. The quantitative estimate of drug-likeness (QED) is 0.459. The Hall–Kier alpha value is -3.62. The fraction of sp³-hybridized carbons (Fsp3) is 0.333. The number of aliphatic hydroxyl groups excluding tert-OH is 1. The summed E-state index contributed by atoms with van der Waals surface area (Å²) < 4.78 is 15.3. The Morgan fingerprint density at radius 3 is 2.49 bits per heavy atom. The summed E-state index contributed by atoms with van der Waals surface area (Å²) in [5, 5.41) is 11.9. The van der Waals surface area contributed by atoms with Gasteiger partial charge in [-0.15, -0.1) is 0 Å². The molecule has 2 heterocycles. The number of unbranched alkanes of at least 4 members (excludes halogenated alkanes) is 1. The van der Waals surface area contributed by atoms with Crippen LogP contribution in [0.1, 0.15) is 36.4 Å². The molecule has 4 rings (SSSR count). The van der Waals surface area contributed by atoms with Gasteiger partial charge in [0.15, 0.2) is 5.76 Å². The molecule has 0 spiro atoms. The normalized spacial score (nSPS) is 17.5. The molecular formula is C27H31N3O5. The van der Waals surface area contributed by atoms with Crippen LogP contribution in [0.5, 0.6) is 0 Å². The van der Waals surface area contributed by atoms with Crippen molar-refractivity contribution in [3.8, 4) is 5.69 Å². The lowest BCUT2D eigenvalue weighted by Gasteiger charge is -2.29. The number of carbonyl (C=O) groups excluding carboxylic acids is 1. The maximum Gasteiger partial charge on any atom is 0.290 e. The van der Waals surface area contributed by atoms with E-state index in [9.17, 15) is 9.59 Å². The average molecular weight is 478 g/mol. The molecule has 8 nitrogen and oxygen atoms in total. The summed E-state index contributed by atoms with van der Waals surface area (Å²) in [4.78, 5) is 26.6. The molecule has 1 aromatic heterocycles. The van der Waals surface area contributed by atoms with Gasteiger partial charge >= 0.3 is 0 Å². The zero-order chi connectivity index (χ0) is 24.8. The van der Waals surface area contributed by atoms with E-state index >= 15 is 0 Å². The van der Waals surface area contributed by atoms with Gasteiger partial charge in [-0.1, -0.05) is 36.4 Å². The standard InChI is InChI=1S/C27H31N3O5/c1-19-25(27(33)30(29(19)2)22-13-7-4-8-14-22)20-17-23(26(32)28-21-11-5-3-6-12-21)35-24(18-20)34-16-10-9-15-31/h3-8,11-14,17,20,24,31H,9-10,15-16,18H2,1-2H3,(H,28,32)/t20-,24+/m1/s1. The molecule has 0 bridgehead atoms. The first-order chi connectivity index (χ1) is 17.0. The largest absolute Gasteiger partial charge is 0.459 e. The van der Waals surface area contributed by atoms with E-state index in [1.54, 1.807) is 22.9 Å². The minimum Gasteiger partial charge on any atom is -0.459 e. The number of rotatable bonds is 9. The van der Waals surface area contributed by atoms with E-state index in [0.29, 0.717) is 37.1 Å². The van der Waals surface area contributed by atoms with E-state index in [-0.39, 0.29) is 23.8 Å². The van der Waals surface area contributed by atoms with Crippen LogP contribution in [0.4, 0.5) is 5.69 Å². The summed E-state index contributed by atoms with van der Waals surface area (Å²) in [6.07, 6.45) is 2.71. The van der Waals surface area contributed by atoms with Crippen molar-refractivity contribution < 1.29 is 19.4 Å². The molecule has 0 fully saturated rings. The van der Waals surface area contributed by atoms with Crippen LogP contribution in [0.3, 0.4) is 0 Å². The lowest BCUT2D eigenvalue weighted by molar-refractivity contribution is -0.143. The van der Waals surface area contributed by atoms with Crippen molar-refractivity contribution in [1.29, 1.82) is 0 Å². The van der Waals surface area contributed by atoms with Gasteiger partial charge < -0.3 is 19.9 Å². The van der Waals surface area contributed by atoms with Crippen LogP contribution < -0.4 is 10.9 Å². The first kappa shape index (κ1) is 24.5. The minimum absolute atomic E-state index is 0.0877. The van der Waals surface area contributed by atoms with Crippen molar-refractivity contribution >= 4 is 11.6 Å². The Morgan fingerprint density at radius 2 is 1.80 bits per heavy atom. The number of allylic oxidation sites excluding steroid dienone is 1. The smallest absolute Gasteiger partial charge is 0.290 e. The number of hydrogen-bond acceptors (Lipinski definition) is 5. The summed E-state index contributed by atoms with van der Waals surface area (Å²) in [6.45, 7) is 2.37. The molecule has 2 aromatic carbocycles. The van der Waals surface area contributed by atoms with E-state index in [2.05, 4.69) is 5.32 Å². The van der Waals surface area contributed by atoms with Crippen LogP contribution in [0.25, 0.3) is 5.69 Å². The van der Waals surface area contributed by atoms with Gasteiger partial charge in [0.05, 0.1) is 12.3 Å². The molecule has 0 saturated heterocycles. The molecule has 0 unspecified atom stereocenters. The molecule has 3 aromatic rings. The molecule has 1 aliphatic rings. The first-order valence-corrected chi connectivity index (χ1v) is 11.8. The Kier molecular flexibility index (Phi) is 7.84. The Morgan fingerprint density at radius 1 is 1.11 bits per heavy atom. The van der Waals surface area contributed by atoms with Crippen LogP contribution in [0.2, 0.25) is 0 Å². The second kappa shape index (κ2) is 11.2. The van der Waals surface area contributed by atoms with E-state index in [4.69, 9.17) is 14.6 Å². The van der Waals surface area contributed by atoms with Gasteiger partial charge in [0, 0.05) is 42.9 Å². The van der Waals surface area contributed by atoms with Gasteiger partial charge in [0.1, 0.15) is 0 Å². The van der Waals surface area contributed by atoms with Crippen molar-refractivity contribution in [2.45, 2.75) is 38.4 Å². The average Bonchev–Trinajstić information content (AvgIpc) is 3.10. The van der Waals surface area contributed by atoms with Crippen molar-refractivity contribution in [3.05, 3.63) is 94.1 Å². The van der Waals surface area contributed by atoms with Crippen LogP contribution in [0.15, 0.2) is 77.3 Å². The Balaban J connectivity index is 1.67. The molecule has 0 radical (unpaired) electrons. The molecule has 0 saturated carbocycles. The second-order valence-electron chi connectivity index (χ2n) is 8.52. The lowest BCUT2D eigenvalue weighted by atomic mass is 9.93. The van der Waals surface area contributed by atoms with Crippen LogP contribution in [0, 0.1) is 6.92 Å². The third-order valence-corrected chi connectivity index (χ3v) is 6.14. The third kappa shape index (κ3) is 5.55. The summed E-state index contributed by atoms with van der Waals surface area (Å²) in [7, 11) is 1.85. The lowest BCUT2D eigenvalue weighted by Crippen LogP contribution is -2.31. The molecule has 0 aliphatic carbocycles. The molecule has 2 N–H and O–H groups in total. The summed E-state index contributed by atoms with van der Waals surface area (Å²) in [6, 6.07) is 18.6. The number of aromatic nitrogens is 2. The fourth-order valence-electron chi connectivity index (χ4n) is 4.28. The van der Waals surface area contributed by atoms with E-state index in [1.807, 2.05) is 67.2 Å². The number of amides is 1. The zero-order valence-corrected chi connectivity index (χ0v) is 20.0. The van der Waals surface area contributed by atoms with Gasteiger partial charge in [0.25, 0.3) is 11.5 Å². The maximum absolute atomic E-state index is 13.6. The number of aliphatic hydroxyl groups is 1. The highest BCUT2D eigenvalue weighted by Gasteiger charge is 2.33. The van der Waals surface area contributed by atoms with Gasteiger partial charge in [-0.3, -0.25) is 14.3 Å². The van der Waals surface area contributed by atoms with E-state index in [0.717, 1.165) is 11.4 Å². The predicted molar refractivity (Wildman–Crippen MR) is 133 cm³/mol. The second-order valence-corrected chi connectivity index (χ2v) is 8.52. The number of benzene rings is 2. The van der Waals surface area contributed by atoms with Gasteiger partial charge in [-0.25, -0.2) is 4.68 Å². The SMILES string of the molecule is Cc1c([C@@H]2C=C(C(=O)Nc3ccccc3)O[C@H](OCCCCO)C2)c(=O)n(-c2ccccc2)n1C. The van der Waals surface area contributed by atoms with E-state index in [1.165, 1.54) is 0 Å². The van der Waals surface area contributed by atoms with E-state index < -0.39 is 12.2 Å². The van der Waals surface area contributed by atoms with Crippen LogP contribution >= 0.6 is 0 Å². The number of para-hydroxylation sites is 2. The molecule has 1 aliphatic heterocycles. The van der Waals surface area contributed by atoms with Crippen molar-refractivity contribution in [3.63, 3.8) is 0 Å². The van der Waals surface area contributed by atoms with Crippen molar-refractivity contribution in [1.82, 2.24) is 9.36 Å². The summed E-state index contributed by atoms with van der Waals surface area (Å²) >= 11 is 0. The highest BCUT2D eigenvalue weighted by atomic mass is 16.7. The fourth-order valence-corrected chi connectivity index (χ4v) is 4.28. The van der Waals surface area contributed by atoms with Gasteiger partial charge in [-0.05, 0) is 50.1 Å².